The molecule has 5 heteroatoms. The topological polar surface area (TPSA) is 57.8 Å². The average molecular weight is 263 g/mol. The second-order valence-electron chi connectivity index (χ2n) is 4.23. The van der Waals surface area contributed by atoms with Crippen LogP contribution in [0.25, 0.3) is 10.2 Å². The second kappa shape index (κ2) is 5.46. The molecule has 0 fully saturated rings. The third-order valence-corrected chi connectivity index (χ3v) is 4.01. The van der Waals surface area contributed by atoms with E-state index in [0.29, 0.717) is 12.4 Å². The predicted octanol–water partition coefficient (Wildman–Crippen LogP) is 2.27. The van der Waals surface area contributed by atoms with Gasteiger partial charge in [0.2, 0.25) is 0 Å². The summed E-state index contributed by atoms with van der Waals surface area (Å²) in [4.78, 5) is 21.3. The lowest BCUT2D eigenvalue weighted by molar-refractivity contribution is 0.667. The Bertz CT molecular complexity index is 627. The van der Waals surface area contributed by atoms with Crippen LogP contribution in [-0.4, -0.2) is 16.5 Å². The van der Waals surface area contributed by atoms with Crippen molar-refractivity contribution in [1.82, 2.24) is 15.3 Å². The molecule has 0 bridgehead atoms. The molecule has 0 amide bonds. The molecule has 0 saturated carbocycles. The first-order valence-corrected chi connectivity index (χ1v) is 6.75. The number of aromatic amines is 1. The zero-order valence-corrected chi connectivity index (χ0v) is 11.5. The molecule has 0 radical (unpaired) electrons. The Morgan fingerprint density at radius 1 is 1.50 bits per heavy atom. The second-order valence-corrected chi connectivity index (χ2v) is 5.43. The smallest absolute Gasteiger partial charge is 0.259 e. The van der Waals surface area contributed by atoms with Gasteiger partial charge in [-0.2, -0.15) is 0 Å². The van der Waals surface area contributed by atoms with Crippen LogP contribution in [0.15, 0.2) is 17.4 Å². The molecular formula is C13H17N3OS. The number of aryl methyl sites for hydroxylation is 2. The maximum atomic E-state index is 12.0. The Balaban J connectivity index is 2.26. The van der Waals surface area contributed by atoms with E-state index >= 15 is 0 Å². The van der Waals surface area contributed by atoms with E-state index < -0.39 is 0 Å². The lowest BCUT2D eigenvalue weighted by Gasteiger charge is -2.02. The monoisotopic (exact) mass is 263 g/mol. The van der Waals surface area contributed by atoms with Gasteiger partial charge in [0.15, 0.2) is 0 Å². The Labute approximate surface area is 110 Å². The Kier molecular flexibility index (Phi) is 3.93. The molecule has 0 unspecified atom stereocenters. The first kappa shape index (κ1) is 13.0. The van der Waals surface area contributed by atoms with Crippen LogP contribution in [0, 0.1) is 13.8 Å². The van der Waals surface area contributed by atoms with E-state index in [1.54, 1.807) is 11.3 Å². The molecule has 2 rings (SSSR count). The summed E-state index contributed by atoms with van der Waals surface area (Å²) < 4.78 is 0. The van der Waals surface area contributed by atoms with E-state index in [0.717, 1.165) is 33.6 Å². The summed E-state index contributed by atoms with van der Waals surface area (Å²) in [6, 6.07) is 0. The largest absolute Gasteiger partial charge is 0.310 e. The molecule has 0 aliphatic rings. The number of aromatic nitrogens is 2. The fraction of sp³-hybridized carbons (Fsp3) is 0.385. The quantitative estimate of drug-likeness (QED) is 0.642. The van der Waals surface area contributed by atoms with Gasteiger partial charge < -0.3 is 10.3 Å². The molecule has 18 heavy (non-hydrogen) atoms. The average Bonchev–Trinajstić information content (AvgIpc) is 2.61. The number of H-pyrrole nitrogens is 1. The highest BCUT2D eigenvalue weighted by atomic mass is 32.1. The molecule has 0 saturated heterocycles. The van der Waals surface area contributed by atoms with E-state index in [1.165, 1.54) is 0 Å². The molecule has 0 aromatic carbocycles. The zero-order chi connectivity index (χ0) is 13.1. The standard InChI is InChI=1S/C13H17N3OS/c1-4-5-6-14-7-10-15-12(17)11-8(2)9(3)18-13(11)16-10/h4,14H,1,5-7H2,2-3H3,(H,15,16,17). The normalized spacial score (nSPS) is 11.0. The lowest BCUT2D eigenvalue weighted by Crippen LogP contribution is -2.19. The van der Waals surface area contributed by atoms with Crippen LogP contribution < -0.4 is 10.9 Å². The number of thiophene rings is 1. The minimum Gasteiger partial charge on any atom is -0.310 e. The van der Waals surface area contributed by atoms with Crippen LogP contribution in [0.3, 0.4) is 0 Å². The molecule has 0 atom stereocenters. The molecule has 0 aliphatic carbocycles. The van der Waals surface area contributed by atoms with Gasteiger partial charge in [0.05, 0.1) is 11.9 Å². The molecule has 2 heterocycles. The van der Waals surface area contributed by atoms with Crippen molar-refractivity contribution in [3.8, 4) is 0 Å². The molecule has 0 aliphatic heterocycles. The summed E-state index contributed by atoms with van der Waals surface area (Å²) in [5, 5.41) is 3.95. The maximum absolute atomic E-state index is 12.0. The van der Waals surface area contributed by atoms with Crippen molar-refractivity contribution >= 4 is 21.6 Å². The van der Waals surface area contributed by atoms with E-state index in [4.69, 9.17) is 0 Å². The maximum Gasteiger partial charge on any atom is 0.259 e. The molecular weight excluding hydrogens is 246 g/mol. The molecule has 2 N–H and O–H groups in total. The molecule has 0 spiro atoms. The van der Waals surface area contributed by atoms with Crippen molar-refractivity contribution in [2.45, 2.75) is 26.8 Å². The first-order chi connectivity index (χ1) is 8.63. The van der Waals surface area contributed by atoms with E-state index in [2.05, 4.69) is 21.9 Å². The minimum atomic E-state index is -0.0395. The fourth-order valence-electron chi connectivity index (χ4n) is 1.79. The number of fused-ring (bicyclic) bond motifs is 1. The van der Waals surface area contributed by atoms with E-state index in [-0.39, 0.29) is 5.56 Å². The molecule has 2 aromatic heterocycles. The summed E-state index contributed by atoms with van der Waals surface area (Å²) in [6.45, 7) is 9.06. The van der Waals surface area contributed by atoms with Crippen LogP contribution in [0.4, 0.5) is 0 Å². The van der Waals surface area contributed by atoms with Gasteiger partial charge in [0.25, 0.3) is 5.56 Å². The van der Waals surface area contributed by atoms with Crippen LogP contribution in [-0.2, 0) is 6.54 Å². The fourth-order valence-corrected chi connectivity index (χ4v) is 2.84. The number of hydrogen-bond donors (Lipinski definition) is 2. The Morgan fingerprint density at radius 3 is 3.00 bits per heavy atom. The molecule has 4 nitrogen and oxygen atoms in total. The van der Waals surface area contributed by atoms with Crippen LogP contribution in [0.2, 0.25) is 0 Å². The Morgan fingerprint density at radius 2 is 2.28 bits per heavy atom. The Hall–Kier alpha value is -1.46. The number of nitrogens with zero attached hydrogens (tertiary/aromatic N) is 1. The van der Waals surface area contributed by atoms with Crippen molar-refractivity contribution in [1.29, 1.82) is 0 Å². The summed E-state index contributed by atoms with van der Waals surface area (Å²) in [5.41, 5.74) is 0.997. The van der Waals surface area contributed by atoms with Gasteiger partial charge in [-0.1, -0.05) is 6.08 Å². The number of nitrogens with one attached hydrogen (secondary N) is 2. The van der Waals surface area contributed by atoms with Crippen molar-refractivity contribution in [3.05, 3.63) is 39.3 Å². The van der Waals surface area contributed by atoms with Gasteiger partial charge in [-0.3, -0.25) is 4.79 Å². The molecule has 2 aromatic rings. The first-order valence-electron chi connectivity index (χ1n) is 5.94. The van der Waals surface area contributed by atoms with E-state index in [1.807, 2.05) is 19.9 Å². The van der Waals surface area contributed by atoms with Crippen molar-refractivity contribution in [3.63, 3.8) is 0 Å². The van der Waals surface area contributed by atoms with Crippen molar-refractivity contribution in [2.75, 3.05) is 6.54 Å². The van der Waals surface area contributed by atoms with Gasteiger partial charge >= 0.3 is 0 Å². The minimum absolute atomic E-state index is 0.0395. The number of hydrogen-bond acceptors (Lipinski definition) is 4. The third-order valence-electron chi connectivity index (χ3n) is 2.91. The summed E-state index contributed by atoms with van der Waals surface area (Å²) >= 11 is 1.58. The van der Waals surface area contributed by atoms with Gasteiger partial charge in [-0.25, -0.2) is 4.98 Å². The summed E-state index contributed by atoms with van der Waals surface area (Å²) in [6.07, 6.45) is 2.77. The molecule has 96 valence electrons. The van der Waals surface area contributed by atoms with Crippen molar-refractivity contribution in [2.24, 2.45) is 0 Å². The third kappa shape index (κ3) is 2.52. The van der Waals surface area contributed by atoms with Gasteiger partial charge in [-0.05, 0) is 32.4 Å². The SMILES string of the molecule is C=CCCNCc1nc2sc(C)c(C)c2c(=O)[nH]1. The summed E-state index contributed by atoms with van der Waals surface area (Å²) in [7, 11) is 0. The van der Waals surface area contributed by atoms with Gasteiger partial charge in [0.1, 0.15) is 10.7 Å². The number of rotatable bonds is 5. The highest BCUT2D eigenvalue weighted by Gasteiger charge is 2.11. The van der Waals surface area contributed by atoms with Gasteiger partial charge in [0, 0.05) is 4.88 Å². The zero-order valence-electron chi connectivity index (χ0n) is 10.7. The van der Waals surface area contributed by atoms with E-state index in [9.17, 15) is 4.79 Å². The predicted molar refractivity (Wildman–Crippen MR) is 76.2 cm³/mol. The van der Waals surface area contributed by atoms with Crippen molar-refractivity contribution < 1.29 is 0 Å². The highest BCUT2D eigenvalue weighted by molar-refractivity contribution is 7.18. The summed E-state index contributed by atoms with van der Waals surface area (Å²) in [5.74, 6) is 0.692. The highest BCUT2D eigenvalue weighted by Crippen LogP contribution is 2.25. The van der Waals surface area contributed by atoms with Crippen LogP contribution in [0.5, 0.6) is 0 Å². The van der Waals surface area contributed by atoms with Crippen LogP contribution in [0.1, 0.15) is 22.7 Å². The van der Waals surface area contributed by atoms with Gasteiger partial charge in [-0.15, -0.1) is 17.9 Å². The van der Waals surface area contributed by atoms with Crippen LogP contribution >= 0.6 is 11.3 Å². The lowest BCUT2D eigenvalue weighted by atomic mass is 10.2.